The first-order valence-electron chi connectivity index (χ1n) is 19.0. The van der Waals surface area contributed by atoms with Crippen LogP contribution in [0.15, 0.2) is 0 Å². The van der Waals surface area contributed by atoms with Crippen LogP contribution in [0, 0.1) is 0 Å². The molecule has 0 aromatic heterocycles. The Kier molecular flexibility index (Phi) is 14.7. The number of carboxylic acid groups (broad SMARTS) is 1. The van der Waals surface area contributed by atoms with Crippen molar-refractivity contribution >= 4 is 65.9 Å². The standard InChI is InChI=1S/C34H51N9O13S/c44-17-7-23(41(13-17)32(54)20-3-1-5-35-20)30(52)37-11-27(48)40-6-2-4-22(40)34(56)43-15-19(46)9-25(43)29(51)36-10-26(47)39-21(16-57)33(55)42-14-18(45)8-24(42)31(53)38-12-28(49)50/h17-25,35,44-46,57H,1-16H2,(H,36,51)(H,37,52)(H,38,53)(H,39,47)(H,49,50)/t17-,18-,19-,20+,21+,22+,23+,24+,25+/m1/s1. The van der Waals surface area contributed by atoms with Gasteiger partial charge >= 0.3 is 5.97 Å². The topological polar surface area (TPSA) is 308 Å². The number of nitrogens with zero attached hydrogens (tertiary/aromatic N) is 4. The Morgan fingerprint density at radius 2 is 1.18 bits per heavy atom. The Bertz CT molecular complexity index is 1600. The number of hydrogen-bond acceptors (Lipinski definition) is 14. The molecule has 0 aromatic rings. The zero-order valence-corrected chi connectivity index (χ0v) is 32.1. The maximum atomic E-state index is 13.8. The van der Waals surface area contributed by atoms with Crippen molar-refractivity contribution in [1.29, 1.82) is 0 Å². The predicted molar refractivity (Wildman–Crippen MR) is 197 cm³/mol. The van der Waals surface area contributed by atoms with Gasteiger partial charge in [-0.1, -0.05) is 0 Å². The van der Waals surface area contributed by atoms with E-state index < -0.39 is 122 Å². The van der Waals surface area contributed by atoms with Crippen LogP contribution in [0.2, 0.25) is 0 Å². The van der Waals surface area contributed by atoms with Crippen LogP contribution in [0.25, 0.3) is 0 Å². The fourth-order valence-electron chi connectivity index (χ4n) is 8.11. The number of carbonyl (C=O) groups excluding carboxylic acids is 8. The second-order valence-corrected chi connectivity index (χ2v) is 15.3. The zero-order valence-electron chi connectivity index (χ0n) is 31.2. The average molecular weight is 826 g/mol. The minimum atomic E-state index is -1.31. The molecule has 0 aliphatic carbocycles. The van der Waals surface area contributed by atoms with Crippen molar-refractivity contribution in [3.63, 3.8) is 0 Å². The van der Waals surface area contributed by atoms with E-state index in [4.69, 9.17) is 5.11 Å². The summed E-state index contributed by atoms with van der Waals surface area (Å²) in [5.41, 5.74) is 0. The predicted octanol–water partition coefficient (Wildman–Crippen LogP) is -6.54. The number of amides is 8. The summed E-state index contributed by atoms with van der Waals surface area (Å²) in [4.78, 5) is 121. The van der Waals surface area contributed by atoms with E-state index in [0.717, 1.165) is 16.2 Å². The van der Waals surface area contributed by atoms with Gasteiger partial charge in [0.25, 0.3) is 0 Å². The molecule has 5 aliphatic rings. The van der Waals surface area contributed by atoms with E-state index >= 15 is 0 Å². The second-order valence-electron chi connectivity index (χ2n) is 14.9. The number of aliphatic hydroxyl groups excluding tert-OH is 3. The number of carbonyl (C=O) groups is 9. The summed E-state index contributed by atoms with van der Waals surface area (Å²) in [6.07, 6.45) is -1.23. The first-order chi connectivity index (χ1) is 27.1. The molecule has 23 heteroatoms. The lowest BCUT2D eigenvalue weighted by molar-refractivity contribution is -0.147. The maximum Gasteiger partial charge on any atom is 0.322 e. The number of rotatable bonds is 14. The van der Waals surface area contributed by atoms with Gasteiger partial charge in [0.05, 0.1) is 37.4 Å². The van der Waals surface area contributed by atoms with Gasteiger partial charge in [-0.15, -0.1) is 0 Å². The number of aliphatic carboxylic acids is 1. The quantitative estimate of drug-likeness (QED) is 0.0729. The number of thiol groups is 1. The lowest BCUT2D eigenvalue weighted by atomic mass is 10.1. The van der Waals surface area contributed by atoms with E-state index in [9.17, 15) is 58.5 Å². The Labute approximate surface area is 332 Å². The molecular weight excluding hydrogens is 774 g/mol. The zero-order chi connectivity index (χ0) is 41.6. The summed E-state index contributed by atoms with van der Waals surface area (Å²) in [6.45, 7) is -1.45. The molecule has 0 spiro atoms. The molecule has 5 saturated heterocycles. The molecule has 0 saturated carbocycles. The molecule has 0 bridgehead atoms. The largest absolute Gasteiger partial charge is 0.480 e. The Morgan fingerprint density at radius 3 is 1.72 bits per heavy atom. The van der Waals surface area contributed by atoms with Crippen LogP contribution in [0.3, 0.4) is 0 Å². The normalized spacial score (nSPS) is 28.9. The molecule has 5 fully saturated rings. The molecule has 0 unspecified atom stereocenters. The minimum Gasteiger partial charge on any atom is -0.480 e. The van der Waals surface area contributed by atoms with Crippen LogP contribution >= 0.6 is 12.6 Å². The number of aliphatic hydroxyl groups is 3. The Hall–Kier alpha value is -4.58. The molecule has 9 atom stereocenters. The van der Waals surface area contributed by atoms with E-state index in [-0.39, 0.29) is 63.5 Å². The van der Waals surface area contributed by atoms with Gasteiger partial charge in [-0.05, 0) is 32.2 Å². The first kappa shape index (κ1) is 43.5. The lowest BCUT2D eigenvalue weighted by Crippen LogP contribution is -2.57. The van der Waals surface area contributed by atoms with Crippen LogP contribution < -0.4 is 26.6 Å². The van der Waals surface area contributed by atoms with Gasteiger partial charge in [0.15, 0.2) is 0 Å². The highest BCUT2D eigenvalue weighted by Gasteiger charge is 2.46. The fourth-order valence-corrected chi connectivity index (χ4v) is 8.35. The number of hydrogen-bond donors (Lipinski definition) is 10. The Morgan fingerprint density at radius 1 is 0.649 bits per heavy atom. The third-order valence-corrected chi connectivity index (χ3v) is 11.2. The van der Waals surface area contributed by atoms with E-state index in [1.807, 2.05) is 0 Å². The van der Waals surface area contributed by atoms with Gasteiger partial charge in [-0.2, -0.15) is 12.6 Å². The fraction of sp³-hybridized carbons (Fsp3) is 0.735. The third kappa shape index (κ3) is 10.5. The van der Waals surface area contributed by atoms with E-state index in [1.165, 1.54) is 9.80 Å². The highest BCUT2D eigenvalue weighted by molar-refractivity contribution is 7.80. The van der Waals surface area contributed by atoms with Crippen molar-refractivity contribution in [1.82, 2.24) is 46.2 Å². The highest BCUT2D eigenvalue weighted by Crippen LogP contribution is 2.26. The lowest BCUT2D eigenvalue weighted by Gasteiger charge is -2.31. The molecule has 8 amide bonds. The molecule has 0 aromatic carbocycles. The first-order valence-corrected chi connectivity index (χ1v) is 19.7. The highest BCUT2D eigenvalue weighted by atomic mass is 32.1. The van der Waals surface area contributed by atoms with E-state index in [0.29, 0.717) is 19.4 Å². The van der Waals surface area contributed by atoms with Crippen LogP contribution in [0.1, 0.15) is 44.9 Å². The van der Waals surface area contributed by atoms with Gasteiger partial charge < -0.3 is 66.6 Å². The van der Waals surface area contributed by atoms with Gasteiger partial charge in [-0.3, -0.25) is 43.2 Å². The van der Waals surface area contributed by atoms with E-state index in [2.05, 4.69) is 39.2 Å². The smallest absolute Gasteiger partial charge is 0.322 e. The maximum absolute atomic E-state index is 13.8. The average Bonchev–Trinajstić information content (AvgIpc) is 4.03. The molecule has 5 aliphatic heterocycles. The van der Waals surface area contributed by atoms with Crippen molar-refractivity contribution in [2.45, 2.75) is 99.5 Å². The number of carboxylic acids is 1. The summed E-state index contributed by atoms with van der Waals surface area (Å²) >= 11 is 4.12. The summed E-state index contributed by atoms with van der Waals surface area (Å²) in [5.74, 6) is -6.80. The molecule has 22 nitrogen and oxygen atoms in total. The summed E-state index contributed by atoms with van der Waals surface area (Å²) in [7, 11) is 0. The molecular formula is C34H51N9O13S. The molecule has 0 radical (unpaired) electrons. The van der Waals surface area contributed by atoms with Crippen molar-refractivity contribution in [3.05, 3.63) is 0 Å². The summed E-state index contributed by atoms with van der Waals surface area (Å²) in [5, 5.41) is 52.3. The molecule has 316 valence electrons. The molecule has 9 N–H and O–H groups in total. The monoisotopic (exact) mass is 825 g/mol. The SMILES string of the molecule is O=C(O)CNC(=O)[C@@H]1C[C@@H](O)CN1C(=O)[C@H](CS)NC(=O)CNC(=O)[C@@H]1C[C@@H](O)CN1C(=O)[C@@H]1CCCN1C(=O)CNC(=O)[C@@H]1C[C@@H](O)CN1C(=O)[C@@H]1CCCN1. The summed E-state index contributed by atoms with van der Waals surface area (Å²) in [6, 6.07) is -6.10. The van der Waals surface area contributed by atoms with Crippen molar-refractivity contribution in [3.8, 4) is 0 Å². The van der Waals surface area contributed by atoms with Crippen LogP contribution in [0.4, 0.5) is 0 Å². The minimum absolute atomic E-state index is 0.00627. The van der Waals surface area contributed by atoms with E-state index in [1.54, 1.807) is 0 Å². The van der Waals surface area contributed by atoms with Crippen molar-refractivity contribution in [2.75, 3.05) is 58.1 Å². The van der Waals surface area contributed by atoms with Crippen LogP contribution in [-0.2, 0) is 43.2 Å². The van der Waals surface area contributed by atoms with Crippen LogP contribution in [0.5, 0.6) is 0 Å². The van der Waals surface area contributed by atoms with Gasteiger partial charge in [0, 0.05) is 51.2 Å². The number of β-amino-alcohol motifs (C(OH)–C–C–N with tert-alkyl or cyclic N) is 3. The molecule has 5 rings (SSSR count). The second kappa shape index (κ2) is 19.2. The van der Waals surface area contributed by atoms with Gasteiger partial charge in [0.2, 0.25) is 47.3 Å². The van der Waals surface area contributed by atoms with Gasteiger partial charge in [-0.25, -0.2) is 0 Å². The Balaban J connectivity index is 1.12. The number of nitrogens with one attached hydrogen (secondary N) is 5. The van der Waals surface area contributed by atoms with Crippen LogP contribution in [-0.4, -0.2) is 206 Å². The van der Waals surface area contributed by atoms with Crippen molar-refractivity contribution < 1.29 is 63.6 Å². The van der Waals surface area contributed by atoms with Crippen molar-refractivity contribution in [2.24, 2.45) is 0 Å². The molecule has 5 heterocycles. The van der Waals surface area contributed by atoms with Gasteiger partial charge in [0.1, 0.15) is 36.8 Å². The third-order valence-electron chi connectivity index (χ3n) is 10.9. The molecule has 57 heavy (non-hydrogen) atoms. The number of likely N-dealkylation sites (tertiary alicyclic amines) is 4. The summed E-state index contributed by atoms with van der Waals surface area (Å²) < 4.78 is 0.